The minimum atomic E-state index is -1.10. The molecule has 0 amide bonds. The summed E-state index contributed by atoms with van der Waals surface area (Å²) in [6.07, 6.45) is 1.03. The maximum Gasteiger partial charge on any atom is 0.334 e. The number of ether oxygens (including phenoxy) is 3. The van der Waals surface area contributed by atoms with Crippen molar-refractivity contribution >= 4 is 11.9 Å². The molecule has 7 heteroatoms. The van der Waals surface area contributed by atoms with E-state index < -0.39 is 53.5 Å². The molecule has 3 aliphatic heterocycles. The Balaban J connectivity index is 1.98. The molecule has 164 valence electrons. The molecule has 0 aromatic rings. The smallest absolute Gasteiger partial charge is 0.334 e. The Morgan fingerprint density at radius 3 is 2.48 bits per heavy atom. The van der Waals surface area contributed by atoms with Gasteiger partial charge >= 0.3 is 11.9 Å². The van der Waals surface area contributed by atoms with Gasteiger partial charge in [-0.15, -0.1) is 0 Å². The molecule has 3 rings (SSSR count). The van der Waals surface area contributed by atoms with Crippen molar-refractivity contribution in [2.45, 2.75) is 102 Å². The van der Waals surface area contributed by atoms with Gasteiger partial charge in [-0.25, -0.2) is 4.79 Å². The zero-order valence-corrected chi connectivity index (χ0v) is 17.8. The Kier molecular flexibility index (Phi) is 6.14. The van der Waals surface area contributed by atoms with E-state index in [1.54, 1.807) is 13.8 Å². The topological polar surface area (TPSA) is 102 Å². The highest BCUT2D eigenvalue weighted by Gasteiger charge is 2.52. The number of esters is 2. The molecule has 0 saturated carbocycles. The highest BCUT2D eigenvalue weighted by Crippen LogP contribution is 2.43. The summed E-state index contributed by atoms with van der Waals surface area (Å²) in [5.74, 6) is -1.44. The number of fused-ring (bicyclic) bond motifs is 3. The van der Waals surface area contributed by atoms with Crippen LogP contribution in [0.2, 0.25) is 0 Å². The van der Waals surface area contributed by atoms with Gasteiger partial charge in [0.05, 0.1) is 23.4 Å². The highest BCUT2D eigenvalue weighted by atomic mass is 16.6. The van der Waals surface area contributed by atoms with Crippen molar-refractivity contribution in [3.8, 4) is 0 Å². The van der Waals surface area contributed by atoms with Gasteiger partial charge in [0.25, 0.3) is 0 Å². The van der Waals surface area contributed by atoms with Gasteiger partial charge < -0.3 is 24.4 Å². The molecule has 3 aliphatic rings. The highest BCUT2D eigenvalue weighted by molar-refractivity contribution is 5.91. The standard InChI is InChI=1S/C22H34O7/c1-12-7-6-9-21(4,25)16-8-10-22(5,26)17(28-16)11-15-13(2)20(24)29-19(15)18(12)27-14(3)23/h12,15-19,25-26H,2,6-11H2,1,3-5H3/t12-,15-,16-,17-,18-,19+,21-,22-/m0/s1. The summed E-state index contributed by atoms with van der Waals surface area (Å²) in [5, 5.41) is 22.0. The Morgan fingerprint density at radius 1 is 1.17 bits per heavy atom. The molecule has 2 N–H and O–H groups in total. The fourth-order valence-electron chi connectivity index (χ4n) is 5.00. The minimum absolute atomic E-state index is 0.0680. The monoisotopic (exact) mass is 410 g/mol. The van der Waals surface area contributed by atoms with Crippen LogP contribution in [0.25, 0.3) is 0 Å². The van der Waals surface area contributed by atoms with Crippen LogP contribution in [0.5, 0.6) is 0 Å². The Labute approximate surface area is 172 Å². The molecular weight excluding hydrogens is 376 g/mol. The second-order valence-electron chi connectivity index (χ2n) is 9.55. The summed E-state index contributed by atoms with van der Waals surface area (Å²) in [7, 11) is 0. The number of rotatable bonds is 1. The minimum Gasteiger partial charge on any atom is -0.458 e. The molecule has 0 spiro atoms. The van der Waals surface area contributed by atoms with Gasteiger partial charge in [-0.05, 0) is 51.9 Å². The van der Waals surface area contributed by atoms with E-state index in [-0.39, 0.29) is 5.92 Å². The molecule has 8 atom stereocenters. The van der Waals surface area contributed by atoms with Crippen LogP contribution >= 0.6 is 0 Å². The maximum atomic E-state index is 12.3. The third-order valence-electron chi connectivity index (χ3n) is 6.98. The van der Waals surface area contributed by atoms with Crippen molar-refractivity contribution in [2.24, 2.45) is 11.8 Å². The van der Waals surface area contributed by atoms with Gasteiger partial charge in [0.1, 0.15) is 12.2 Å². The molecule has 0 aromatic heterocycles. The van der Waals surface area contributed by atoms with Gasteiger partial charge in [-0.1, -0.05) is 19.9 Å². The molecule has 29 heavy (non-hydrogen) atoms. The first-order chi connectivity index (χ1) is 13.4. The third kappa shape index (κ3) is 4.52. The summed E-state index contributed by atoms with van der Waals surface area (Å²) in [6.45, 7) is 10.7. The second-order valence-corrected chi connectivity index (χ2v) is 9.55. The van der Waals surface area contributed by atoms with Crippen LogP contribution in [0, 0.1) is 11.8 Å². The number of aliphatic hydroxyl groups is 2. The Bertz CT molecular complexity index is 668. The van der Waals surface area contributed by atoms with E-state index in [0.717, 1.165) is 0 Å². The van der Waals surface area contributed by atoms with Crippen LogP contribution in [0.4, 0.5) is 0 Å². The molecule has 3 saturated heterocycles. The summed E-state index contributed by atoms with van der Waals surface area (Å²) in [6, 6.07) is 0. The lowest BCUT2D eigenvalue weighted by molar-refractivity contribution is -0.222. The van der Waals surface area contributed by atoms with Crippen LogP contribution in [0.3, 0.4) is 0 Å². The van der Waals surface area contributed by atoms with E-state index in [9.17, 15) is 19.8 Å². The predicted octanol–water partition coefficient (Wildman–Crippen LogP) is 2.28. The molecule has 7 nitrogen and oxygen atoms in total. The lowest BCUT2D eigenvalue weighted by atomic mass is 9.75. The average Bonchev–Trinajstić information content (AvgIpc) is 2.88. The summed E-state index contributed by atoms with van der Waals surface area (Å²) >= 11 is 0. The third-order valence-corrected chi connectivity index (χ3v) is 6.98. The molecule has 0 radical (unpaired) electrons. The fourth-order valence-corrected chi connectivity index (χ4v) is 5.00. The number of hydrogen-bond donors (Lipinski definition) is 2. The summed E-state index contributed by atoms with van der Waals surface area (Å²) in [5.41, 5.74) is -1.82. The van der Waals surface area contributed by atoms with E-state index in [0.29, 0.717) is 44.1 Å². The predicted molar refractivity (Wildman–Crippen MR) is 105 cm³/mol. The van der Waals surface area contributed by atoms with Crippen molar-refractivity contribution in [3.63, 3.8) is 0 Å². The quantitative estimate of drug-likeness (QED) is 0.505. The molecular formula is C22H34O7. The molecule has 0 unspecified atom stereocenters. The van der Waals surface area contributed by atoms with Crippen LogP contribution in [0.1, 0.15) is 66.2 Å². The van der Waals surface area contributed by atoms with E-state index in [4.69, 9.17) is 14.2 Å². The first-order valence-electron chi connectivity index (χ1n) is 10.6. The number of carbonyl (C=O) groups is 2. The second kappa shape index (κ2) is 8.00. The fraction of sp³-hybridized carbons (Fsp3) is 0.818. The van der Waals surface area contributed by atoms with E-state index in [2.05, 4.69) is 6.58 Å². The van der Waals surface area contributed by atoms with E-state index in [1.165, 1.54) is 6.92 Å². The maximum absolute atomic E-state index is 12.3. The summed E-state index contributed by atoms with van der Waals surface area (Å²) < 4.78 is 17.4. The van der Waals surface area contributed by atoms with Crippen molar-refractivity contribution in [1.29, 1.82) is 0 Å². The van der Waals surface area contributed by atoms with Gasteiger partial charge in [0, 0.05) is 18.4 Å². The first kappa shape index (κ1) is 22.2. The van der Waals surface area contributed by atoms with E-state index >= 15 is 0 Å². The average molecular weight is 411 g/mol. The molecule has 2 bridgehead atoms. The van der Waals surface area contributed by atoms with E-state index in [1.807, 2.05) is 6.92 Å². The van der Waals surface area contributed by atoms with Crippen LogP contribution < -0.4 is 0 Å². The largest absolute Gasteiger partial charge is 0.458 e. The van der Waals surface area contributed by atoms with Crippen LogP contribution in [-0.4, -0.2) is 57.8 Å². The van der Waals surface area contributed by atoms with Crippen molar-refractivity contribution in [2.75, 3.05) is 0 Å². The van der Waals surface area contributed by atoms with Crippen molar-refractivity contribution in [3.05, 3.63) is 12.2 Å². The Morgan fingerprint density at radius 2 is 1.83 bits per heavy atom. The normalized spacial score (nSPS) is 46.1. The van der Waals surface area contributed by atoms with Crippen molar-refractivity contribution in [1.82, 2.24) is 0 Å². The SMILES string of the molecule is C=C1C(=O)O[C@H]2[C@@H](OC(C)=O)[C@@H](C)CCC[C@](C)(O)[C@@H]3CC[C@](C)(O)[C@H](C[C@@H]12)O3. The first-order valence-corrected chi connectivity index (χ1v) is 10.6. The van der Waals surface area contributed by atoms with Gasteiger partial charge in [0.2, 0.25) is 0 Å². The number of hydrogen-bond acceptors (Lipinski definition) is 7. The number of carbonyl (C=O) groups excluding carboxylic acids is 2. The molecule has 3 heterocycles. The van der Waals surface area contributed by atoms with Gasteiger partial charge in [-0.2, -0.15) is 0 Å². The lowest BCUT2D eigenvalue weighted by Crippen LogP contribution is -2.55. The zero-order valence-electron chi connectivity index (χ0n) is 17.8. The van der Waals surface area contributed by atoms with Crippen LogP contribution in [-0.2, 0) is 23.8 Å². The van der Waals surface area contributed by atoms with Gasteiger partial charge in [0.15, 0.2) is 0 Å². The summed E-state index contributed by atoms with van der Waals surface area (Å²) in [4.78, 5) is 24.1. The molecule has 0 aliphatic carbocycles. The molecule has 0 aromatic carbocycles. The van der Waals surface area contributed by atoms with Crippen LogP contribution in [0.15, 0.2) is 12.2 Å². The van der Waals surface area contributed by atoms with Crippen molar-refractivity contribution < 1.29 is 34.0 Å². The lowest BCUT2D eigenvalue weighted by Gasteiger charge is -2.47. The van der Waals surface area contributed by atoms with Gasteiger partial charge in [-0.3, -0.25) is 4.79 Å². The molecule has 3 fully saturated rings. The zero-order chi connectivity index (χ0) is 21.6. The Hall–Kier alpha value is -1.44.